The molecule has 0 radical (unpaired) electrons. The van der Waals surface area contributed by atoms with Crippen LogP contribution in [0.1, 0.15) is 4.88 Å². The van der Waals surface area contributed by atoms with E-state index in [0.29, 0.717) is 15.9 Å². The minimum absolute atomic E-state index is 0.377. The largest absolute Gasteiger partial charge is 0.329 e. The summed E-state index contributed by atoms with van der Waals surface area (Å²) in [5.41, 5.74) is -0.769. The Bertz CT molecular complexity index is 1000. The van der Waals surface area contributed by atoms with Gasteiger partial charge in [0.2, 0.25) is 5.91 Å². The highest BCUT2D eigenvalue weighted by atomic mass is 32.1. The topological polar surface area (TPSA) is 84.0 Å². The van der Waals surface area contributed by atoms with Gasteiger partial charge in [0, 0.05) is 10.6 Å². The third-order valence-corrected chi connectivity index (χ3v) is 4.19. The molecule has 3 rings (SSSR count). The van der Waals surface area contributed by atoms with Gasteiger partial charge in [0.05, 0.1) is 5.39 Å². The quantitative estimate of drug-likeness (QED) is 0.767. The highest BCUT2D eigenvalue weighted by Gasteiger charge is 2.13. The van der Waals surface area contributed by atoms with E-state index in [1.54, 1.807) is 6.07 Å². The van der Waals surface area contributed by atoms with E-state index in [0.717, 1.165) is 9.44 Å². The first-order chi connectivity index (χ1) is 10.9. The van der Waals surface area contributed by atoms with E-state index in [4.69, 9.17) is 0 Å². The molecular formula is C15H12FN3O3S. The number of fused-ring (bicyclic) bond motifs is 1. The first-order valence-electron chi connectivity index (χ1n) is 6.73. The Morgan fingerprint density at radius 1 is 1.30 bits per heavy atom. The van der Waals surface area contributed by atoms with Crippen molar-refractivity contribution in [2.24, 2.45) is 0 Å². The van der Waals surface area contributed by atoms with E-state index in [9.17, 15) is 18.8 Å². The van der Waals surface area contributed by atoms with Gasteiger partial charge in [0.15, 0.2) is 0 Å². The number of thiophene rings is 1. The van der Waals surface area contributed by atoms with Crippen LogP contribution >= 0.6 is 11.3 Å². The Morgan fingerprint density at radius 3 is 2.70 bits per heavy atom. The van der Waals surface area contributed by atoms with Gasteiger partial charge in [-0.05, 0) is 37.3 Å². The summed E-state index contributed by atoms with van der Waals surface area (Å²) in [6.45, 7) is 1.41. The van der Waals surface area contributed by atoms with Gasteiger partial charge in [0.25, 0.3) is 5.56 Å². The van der Waals surface area contributed by atoms with Crippen molar-refractivity contribution in [1.29, 1.82) is 0 Å². The fourth-order valence-corrected chi connectivity index (χ4v) is 3.08. The van der Waals surface area contributed by atoms with Gasteiger partial charge in [-0.25, -0.2) is 9.18 Å². The molecule has 0 saturated heterocycles. The highest BCUT2D eigenvalue weighted by molar-refractivity contribution is 7.18. The number of H-pyrrole nitrogens is 1. The van der Waals surface area contributed by atoms with E-state index in [1.807, 2.05) is 6.92 Å². The number of halogens is 1. The molecule has 6 nitrogen and oxygen atoms in total. The number of amides is 1. The van der Waals surface area contributed by atoms with E-state index < -0.39 is 29.5 Å². The molecule has 2 heterocycles. The van der Waals surface area contributed by atoms with E-state index >= 15 is 0 Å². The first kappa shape index (κ1) is 15.2. The molecule has 0 aliphatic carbocycles. The fourth-order valence-electron chi connectivity index (χ4n) is 2.19. The summed E-state index contributed by atoms with van der Waals surface area (Å²) in [5.74, 6) is -0.968. The number of rotatable bonds is 3. The lowest BCUT2D eigenvalue weighted by Crippen LogP contribution is -2.38. The maximum atomic E-state index is 12.8. The highest BCUT2D eigenvalue weighted by Crippen LogP contribution is 2.18. The van der Waals surface area contributed by atoms with Crippen molar-refractivity contribution in [2.45, 2.75) is 13.5 Å². The summed E-state index contributed by atoms with van der Waals surface area (Å²) < 4.78 is 13.7. The van der Waals surface area contributed by atoms with Gasteiger partial charge in [-0.1, -0.05) is 0 Å². The minimum Gasteiger partial charge on any atom is -0.325 e. The second kappa shape index (κ2) is 5.81. The maximum absolute atomic E-state index is 12.8. The average molecular weight is 333 g/mol. The van der Waals surface area contributed by atoms with Crippen molar-refractivity contribution in [3.8, 4) is 0 Å². The molecule has 8 heteroatoms. The van der Waals surface area contributed by atoms with Crippen molar-refractivity contribution >= 4 is 33.1 Å². The Kier molecular flexibility index (Phi) is 3.83. The molecule has 0 fully saturated rings. The first-order valence-corrected chi connectivity index (χ1v) is 7.54. The fraction of sp³-hybridized carbons (Fsp3) is 0.133. The third-order valence-electron chi connectivity index (χ3n) is 3.23. The number of anilines is 1. The zero-order chi connectivity index (χ0) is 16.6. The van der Waals surface area contributed by atoms with Gasteiger partial charge in [0.1, 0.15) is 17.2 Å². The van der Waals surface area contributed by atoms with Crippen LogP contribution in [0.3, 0.4) is 0 Å². The van der Waals surface area contributed by atoms with Crippen molar-refractivity contribution in [1.82, 2.24) is 9.55 Å². The van der Waals surface area contributed by atoms with Crippen LogP contribution in [-0.4, -0.2) is 15.5 Å². The molecule has 2 aromatic heterocycles. The van der Waals surface area contributed by atoms with Gasteiger partial charge >= 0.3 is 5.69 Å². The predicted octanol–water partition coefficient (Wildman–Crippen LogP) is 1.84. The van der Waals surface area contributed by atoms with Crippen LogP contribution in [0.2, 0.25) is 0 Å². The number of aryl methyl sites for hydroxylation is 1. The van der Waals surface area contributed by atoms with Crippen molar-refractivity contribution in [3.05, 3.63) is 61.9 Å². The number of aromatic nitrogens is 2. The molecule has 3 aromatic rings. The van der Waals surface area contributed by atoms with Gasteiger partial charge in [-0.15, -0.1) is 11.3 Å². The Morgan fingerprint density at radius 2 is 2.00 bits per heavy atom. The molecule has 0 spiro atoms. The Balaban J connectivity index is 1.89. The lowest BCUT2D eigenvalue weighted by Gasteiger charge is -2.06. The number of carbonyl (C=O) groups excluding carboxylic acids is 1. The lowest BCUT2D eigenvalue weighted by atomic mass is 10.3. The molecule has 2 N–H and O–H groups in total. The van der Waals surface area contributed by atoms with Crippen LogP contribution < -0.4 is 16.6 Å². The Labute approximate surface area is 133 Å². The second-order valence-corrected chi connectivity index (χ2v) is 6.23. The number of hydrogen-bond donors (Lipinski definition) is 2. The van der Waals surface area contributed by atoms with Crippen LogP contribution in [0.4, 0.5) is 10.1 Å². The smallest absolute Gasteiger partial charge is 0.325 e. The van der Waals surface area contributed by atoms with Crippen molar-refractivity contribution < 1.29 is 9.18 Å². The molecule has 1 amide bonds. The standard InChI is InChI=1S/C15H12FN3O3S/c1-8-6-11-13(23-8)18-15(22)19(14(11)21)7-12(20)17-10-4-2-9(16)3-5-10/h2-6H,7H2,1H3,(H,17,20)(H,18,22). The zero-order valence-corrected chi connectivity index (χ0v) is 12.9. The molecule has 0 bridgehead atoms. The van der Waals surface area contributed by atoms with Crippen molar-refractivity contribution in [3.63, 3.8) is 0 Å². The van der Waals surface area contributed by atoms with E-state index in [2.05, 4.69) is 10.3 Å². The molecule has 0 atom stereocenters. The number of nitrogens with zero attached hydrogens (tertiary/aromatic N) is 1. The molecule has 23 heavy (non-hydrogen) atoms. The van der Waals surface area contributed by atoms with Crippen LogP contribution in [0.25, 0.3) is 10.2 Å². The molecular weight excluding hydrogens is 321 g/mol. The number of nitrogens with one attached hydrogen (secondary N) is 2. The SMILES string of the molecule is Cc1cc2c(=O)n(CC(=O)Nc3ccc(F)cc3)c(=O)[nH]c2s1. The summed E-state index contributed by atoms with van der Waals surface area (Å²) in [7, 11) is 0. The lowest BCUT2D eigenvalue weighted by molar-refractivity contribution is -0.116. The van der Waals surface area contributed by atoms with Crippen LogP contribution in [-0.2, 0) is 11.3 Å². The normalized spacial score (nSPS) is 10.9. The summed E-state index contributed by atoms with van der Waals surface area (Å²) in [5, 5.41) is 2.89. The maximum Gasteiger partial charge on any atom is 0.329 e. The number of benzene rings is 1. The third kappa shape index (κ3) is 3.07. The molecule has 1 aromatic carbocycles. The number of aromatic amines is 1. The van der Waals surface area contributed by atoms with Gasteiger partial charge in [-0.2, -0.15) is 0 Å². The Hall–Kier alpha value is -2.74. The summed E-state index contributed by atoms with van der Waals surface area (Å²) in [4.78, 5) is 40.3. The van der Waals surface area contributed by atoms with Crippen molar-refractivity contribution in [2.75, 3.05) is 5.32 Å². The number of hydrogen-bond acceptors (Lipinski definition) is 4. The number of carbonyl (C=O) groups is 1. The molecule has 118 valence electrons. The predicted molar refractivity (Wildman–Crippen MR) is 86.5 cm³/mol. The second-order valence-electron chi connectivity index (χ2n) is 4.98. The van der Waals surface area contributed by atoms with E-state index in [-0.39, 0.29) is 0 Å². The average Bonchev–Trinajstić information content (AvgIpc) is 2.86. The van der Waals surface area contributed by atoms with E-state index in [1.165, 1.54) is 35.6 Å². The molecule has 0 aliphatic heterocycles. The summed E-state index contributed by atoms with van der Waals surface area (Å²) in [6.07, 6.45) is 0. The summed E-state index contributed by atoms with van der Waals surface area (Å²) >= 11 is 1.31. The van der Waals surface area contributed by atoms with Gasteiger partial charge < -0.3 is 5.32 Å². The van der Waals surface area contributed by atoms with Crippen LogP contribution in [0, 0.1) is 12.7 Å². The van der Waals surface area contributed by atoms with Gasteiger partial charge in [-0.3, -0.25) is 19.1 Å². The monoisotopic (exact) mass is 333 g/mol. The molecule has 0 aliphatic rings. The minimum atomic E-state index is -0.640. The zero-order valence-electron chi connectivity index (χ0n) is 12.1. The van der Waals surface area contributed by atoms with Crippen LogP contribution in [0.5, 0.6) is 0 Å². The summed E-state index contributed by atoms with van der Waals surface area (Å²) in [6, 6.07) is 6.87. The van der Waals surface area contributed by atoms with Crippen LogP contribution in [0.15, 0.2) is 39.9 Å². The molecule has 0 unspecified atom stereocenters. The molecule has 0 saturated carbocycles.